The molecule has 0 aromatic heterocycles. The summed E-state index contributed by atoms with van der Waals surface area (Å²) in [7, 11) is -3.96. The van der Waals surface area contributed by atoms with E-state index in [4.69, 9.17) is 4.74 Å². The fraction of sp³-hybridized carbons (Fsp3) is 0.409. The van der Waals surface area contributed by atoms with E-state index in [0.717, 1.165) is 0 Å². The van der Waals surface area contributed by atoms with Crippen molar-refractivity contribution in [1.82, 2.24) is 9.80 Å². The van der Waals surface area contributed by atoms with Crippen LogP contribution >= 0.6 is 0 Å². The Labute approximate surface area is 191 Å². The number of anilines is 1. The average Bonchev–Trinajstić information content (AvgIpc) is 2.99. The molecule has 0 saturated carbocycles. The van der Waals surface area contributed by atoms with E-state index < -0.39 is 28.7 Å². The Balaban J connectivity index is 1.69. The summed E-state index contributed by atoms with van der Waals surface area (Å²) in [4.78, 5) is 15.6. The zero-order valence-corrected chi connectivity index (χ0v) is 19.0. The van der Waals surface area contributed by atoms with E-state index in [-0.39, 0.29) is 30.1 Å². The summed E-state index contributed by atoms with van der Waals surface area (Å²) < 4.78 is 71.4. The zero-order valence-electron chi connectivity index (χ0n) is 18.1. The number of carbonyl (C=O) groups is 1. The number of carbonyl (C=O) groups excluding carboxylic acids is 1. The molecule has 11 heteroatoms. The third kappa shape index (κ3) is 7.10. The van der Waals surface area contributed by atoms with Gasteiger partial charge in [0.2, 0.25) is 0 Å². The van der Waals surface area contributed by atoms with E-state index in [1.54, 1.807) is 24.3 Å². The molecule has 2 aromatic carbocycles. The summed E-state index contributed by atoms with van der Waals surface area (Å²) >= 11 is 0. The predicted molar refractivity (Wildman–Crippen MR) is 118 cm³/mol. The number of sulfonamides is 1. The van der Waals surface area contributed by atoms with Gasteiger partial charge in [-0.2, -0.15) is 13.2 Å². The summed E-state index contributed by atoms with van der Waals surface area (Å²) in [6, 6.07) is 12.0. The Morgan fingerprint density at radius 3 is 2.45 bits per heavy atom. The number of amides is 1. The van der Waals surface area contributed by atoms with Crippen LogP contribution in [0.2, 0.25) is 0 Å². The van der Waals surface area contributed by atoms with Crippen LogP contribution in [-0.4, -0.2) is 69.6 Å². The standard InChI is InChI=1S/C22H26F3N3O4S/c1-2-32-19-9-7-18(8-10-19)26-33(30,31)20-6-3-5-17(15-20)21(29)28-12-4-11-27(13-14-28)16-22(23,24)25/h3,5-10,15,26H,2,4,11-14,16H2,1H3. The van der Waals surface area contributed by atoms with Crippen molar-refractivity contribution in [2.45, 2.75) is 24.4 Å². The molecule has 1 aliphatic heterocycles. The van der Waals surface area contributed by atoms with E-state index in [0.29, 0.717) is 31.0 Å². The maximum Gasteiger partial charge on any atom is 0.401 e. The number of benzene rings is 2. The molecule has 2 aromatic rings. The summed E-state index contributed by atoms with van der Waals surface area (Å²) in [5, 5.41) is 0. The number of nitrogens with one attached hydrogen (secondary N) is 1. The molecule has 180 valence electrons. The molecule has 0 aliphatic carbocycles. The second kappa shape index (κ2) is 10.4. The zero-order chi connectivity index (χ0) is 24.1. The molecule has 33 heavy (non-hydrogen) atoms. The number of hydrogen-bond acceptors (Lipinski definition) is 5. The van der Waals surface area contributed by atoms with Gasteiger partial charge in [-0.1, -0.05) is 6.07 Å². The van der Waals surface area contributed by atoms with Gasteiger partial charge in [-0.15, -0.1) is 0 Å². The van der Waals surface area contributed by atoms with Gasteiger partial charge in [-0.05, 0) is 55.8 Å². The quantitative estimate of drug-likeness (QED) is 0.649. The van der Waals surface area contributed by atoms with Crippen molar-refractivity contribution in [3.8, 4) is 5.75 Å². The van der Waals surface area contributed by atoms with E-state index in [9.17, 15) is 26.4 Å². The van der Waals surface area contributed by atoms with Crippen molar-refractivity contribution < 1.29 is 31.1 Å². The second-order valence-corrected chi connectivity index (χ2v) is 9.31. The normalized spacial score (nSPS) is 15.7. The largest absolute Gasteiger partial charge is 0.494 e. The molecular weight excluding hydrogens is 459 g/mol. The van der Waals surface area contributed by atoms with Gasteiger partial charge in [0.15, 0.2) is 0 Å². The number of halogens is 3. The van der Waals surface area contributed by atoms with Gasteiger partial charge >= 0.3 is 6.18 Å². The maximum absolute atomic E-state index is 12.9. The average molecular weight is 486 g/mol. The lowest BCUT2D eigenvalue weighted by Gasteiger charge is -2.23. The third-order valence-electron chi connectivity index (χ3n) is 5.09. The van der Waals surface area contributed by atoms with Crippen molar-refractivity contribution in [3.63, 3.8) is 0 Å². The van der Waals surface area contributed by atoms with Crippen molar-refractivity contribution in [2.24, 2.45) is 0 Å². The first-order valence-corrected chi connectivity index (χ1v) is 12.0. The fourth-order valence-corrected chi connectivity index (χ4v) is 4.67. The lowest BCUT2D eigenvalue weighted by molar-refractivity contribution is -0.145. The van der Waals surface area contributed by atoms with Crippen LogP contribution in [0.25, 0.3) is 0 Å². The van der Waals surface area contributed by atoms with Crippen molar-refractivity contribution in [3.05, 3.63) is 54.1 Å². The van der Waals surface area contributed by atoms with Crippen LogP contribution in [0.4, 0.5) is 18.9 Å². The molecule has 0 atom stereocenters. The molecule has 0 unspecified atom stereocenters. The van der Waals surface area contributed by atoms with E-state index in [1.807, 2.05) is 6.92 Å². The van der Waals surface area contributed by atoms with Gasteiger partial charge < -0.3 is 9.64 Å². The molecule has 1 heterocycles. The van der Waals surface area contributed by atoms with Gasteiger partial charge in [0.05, 0.1) is 18.0 Å². The topological polar surface area (TPSA) is 78.9 Å². The lowest BCUT2D eigenvalue weighted by atomic mass is 10.2. The van der Waals surface area contributed by atoms with Crippen LogP contribution in [0.5, 0.6) is 5.75 Å². The number of rotatable bonds is 7. The van der Waals surface area contributed by atoms with Gasteiger partial charge in [0.1, 0.15) is 5.75 Å². The van der Waals surface area contributed by atoms with Gasteiger partial charge in [-0.3, -0.25) is 14.4 Å². The SMILES string of the molecule is CCOc1ccc(NS(=O)(=O)c2cccc(C(=O)N3CCCN(CC(F)(F)F)CC3)c2)cc1. The fourth-order valence-electron chi connectivity index (χ4n) is 3.56. The summed E-state index contributed by atoms with van der Waals surface area (Å²) in [5.41, 5.74) is 0.501. The van der Waals surface area contributed by atoms with Gasteiger partial charge in [0, 0.05) is 37.4 Å². The Kier molecular flexibility index (Phi) is 7.85. The van der Waals surface area contributed by atoms with Crippen LogP contribution in [0.1, 0.15) is 23.7 Å². The predicted octanol–water partition coefficient (Wildman–Crippen LogP) is 3.60. The number of alkyl halides is 3. The van der Waals surface area contributed by atoms with Crippen molar-refractivity contribution >= 4 is 21.6 Å². The first kappa shape index (κ1) is 24.8. The Hall–Kier alpha value is -2.79. The second-order valence-electron chi connectivity index (χ2n) is 7.63. The number of nitrogens with zero attached hydrogens (tertiary/aromatic N) is 2. The van der Waals surface area contributed by atoms with Crippen molar-refractivity contribution in [2.75, 3.05) is 44.1 Å². The van der Waals surface area contributed by atoms with Crippen LogP contribution in [0.15, 0.2) is 53.4 Å². The summed E-state index contributed by atoms with van der Waals surface area (Å²) in [6.45, 7) is 2.09. The maximum atomic E-state index is 12.9. The molecule has 3 rings (SSSR count). The lowest BCUT2D eigenvalue weighted by Crippen LogP contribution is -2.38. The van der Waals surface area contributed by atoms with Crippen LogP contribution in [0, 0.1) is 0 Å². The smallest absolute Gasteiger partial charge is 0.401 e. The van der Waals surface area contributed by atoms with Crippen LogP contribution in [0.3, 0.4) is 0 Å². The Bertz CT molecular complexity index is 1060. The Morgan fingerprint density at radius 1 is 1.06 bits per heavy atom. The number of hydrogen-bond donors (Lipinski definition) is 1. The molecule has 0 bridgehead atoms. The van der Waals surface area contributed by atoms with E-state index in [1.165, 1.54) is 34.1 Å². The molecule has 1 amide bonds. The first-order chi connectivity index (χ1) is 15.6. The molecule has 1 aliphatic rings. The van der Waals surface area contributed by atoms with Gasteiger partial charge in [-0.25, -0.2) is 8.42 Å². The summed E-state index contributed by atoms with van der Waals surface area (Å²) in [6.07, 6.45) is -3.89. The highest BCUT2D eigenvalue weighted by Gasteiger charge is 2.32. The summed E-state index contributed by atoms with van der Waals surface area (Å²) in [5.74, 6) is 0.196. The highest BCUT2D eigenvalue weighted by Crippen LogP contribution is 2.22. The minimum absolute atomic E-state index is 0.0873. The molecule has 1 saturated heterocycles. The Morgan fingerprint density at radius 2 is 1.79 bits per heavy atom. The minimum Gasteiger partial charge on any atom is -0.494 e. The molecule has 0 radical (unpaired) electrons. The highest BCUT2D eigenvalue weighted by atomic mass is 32.2. The third-order valence-corrected chi connectivity index (χ3v) is 6.47. The van der Waals surface area contributed by atoms with Crippen molar-refractivity contribution in [1.29, 1.82) is 0 Å². The monoisotopic (exact) mass is 485 g/mol. The molecule has 1 fully saturated rings. The molecule has 7 nitrogen and oxygen atoms in total. The molecular formula is C22H26F3N3O4S. The molecule has 1 N–H and O–H groups in total. The molecule has 0 spiro atoms. The number of ether oxygens (including phenoxy) is 1. The highest BCUT2D eigenvalue weighted by molar-refractivity contribution is 7.92. The van der Waals surface area contributed by atoms with E-state index in [2.05, 4.69) is 4.72 Å². The minimum atomic E-state index is -4.29. The van der Waals surface area contributed by atoms with E-state index >= 15 is 0 Å². The van der Waals surface area contributed by atoms with Crippen LogP contribution in [-0.2, 0) is 10.0 Å². The first-order valence-electron chi connectivity index (χ1n) is 10.5. The van der Waals surface area contributed by atoms with Crippen LogP contribution < -0.4 is 9.46 Å². The van der Waals surface area contributed by atoms with Gasteiger partial charge in [0.25, 0.3) is 15.9 Å².